The van der Waals surface area contributed by atoms with Gasteiger partial charge in [0.2, 0.25) is 0 Å². The predicted molar refractivity (Wildman–Crippen MR) is 69.1 cm³/mol. The topological polar surface area (TPSA) is 24.1 Å². The molecule has 0 amide bonds. The Morgan fingerprint density at radius 2 is 2.12 bits per heavy atom. The van der Waals surface area contributed by atoms with Crippen LogP contribution in [0, 0.1) is 11.7 Å². The first-order chi connectivity index (χ1) is 8.26. The molecular weight excluding hydrogens is 235 g/mol. The lowest BCUT2D eigenvalue weighted by molar-refractivity contribution is 0.590. The Labute approximate surface area is 105 Å². The van der Waals surface area contributed by atoms with E-state index in [1.165, 1.54) is 17.3 Å². The van der Waals surface area contributed by atoms with Crippen molar-refractivity contribution in [1.29, 1.82) is 0 Å². The molecule has 17 heavy (non-hydrogen) atoms. The zero-order chi connectivity index (χ0) is 11.8. The van der Waals surface area contributed by atoms with Crippen LogP contribution in [0.25, 0.3) is 0 Å². The Morgan fingerprint density at radius 1 is 1.29 bits per heavy atom. The summed E-state index contributed by atoms with van der Waals surface area (Å²) in [7, 11) is 0. The summed E-state index contributed by atoms with van der Waals surface area (Å²) in [6.07, 6.45) is 3.92. The lowest BCUT2D eigenvalue weighted by Crippen LogP contribution is -2.34. The van der Waals surface area contributed by atoms with Gasteiger partial charge in [0.15, 0.2) is 0 Å². The number of benzene rings is 1. The molecule has 0 bridgehead atoms. The summed E-state index contributed by atoms with van der Waals surface area (Å²) in [6.45, 7) is 0. The van der Waals surface area contributed by atoms with Crippen molar-refractivity contribution in [1.82, 2.24) is 10.6 Å². The molecule has 2 nitrogen and oxygen atoms in total. The maximum atomic E-state index is 13.1. The maximum Gasteiger partial charge on any atom is 0.126 e. The van der Waals surface area contributed by atoms with Gasteiger partial charge in [0.1, 0.15) is 12.0 Å². The molecule has 1 aliphatic carbocycles. The van der Waals surface area contributed by atoms with Gasteiger partial charge in [-0.05, 0) is 36.1 Å². The minimum atomic E-state index is -0.146. The van der Waals surface area contributed by atoms with Crippen molar-refractivity contribution in [2.45, 2.75) is 19.0 Å². The van der Waals surface area contributed by atoms with Crippen molar-refractivity contribution in [3.8, 4) is 0 Å². The molecule has 4 heteroatoms. The highest BCUT2D eigenvalue weighted by Gasteiger charge is 2.27. The lowest BCUT2D eigenvalue weighted by atomic mass is 10.0. The summed E-state index contributed by atoms with van der Waals surface area (Å²) in [5.41, 5.74) is 3.56. The van der Waals surface area contributed by atoms with Crippen molar-refractivity contribution in [3.63, 3.8) is 0 Å². The van der Waals surface area contributed by atoms with Crippen molar-refractivity contribution >= 4 is 17.6 Å². The van der Waals surface area contributed by atoms with Crippen LogP contribution >= 0.6 is 12.2 Å². The number of rotatable bonds is 2. The SMILES string of the molecule is Fc1ccc2c(c1)CC(C1=CNC(C=S)N1)C2. The number of hydrogen-bond donors (Lipinski definition) is 2. The predicted octanol–water partition coefficient (Wildman–Crippen LogP) is 1.90. The molecule has 2 atom stereocenters. The summed E-state index contributed by atoms with van der Waals surface area (Å²) in [5.74, 6) is 0.270. The normalized spacial score (nSPS) is 25.8. The molecule has 0 radical (unpaired) electrons. The first-order valence-corrected chi connectivity index (χ1v) is 6.18. The van der Waals surface area contributed by atoms with Crippen LogP contribution in [-0.2, 0) is 12.8 Å². The summed E-state index contributed by atoms with van der Waals surface area (Å²) in [4.78, 5) is 0. The lowest BCUT2D eigenvalue weighted by Gasteiger charge is -2.13. The number of hydrogen-bond acceptors (Lipinski definition) is 3. The molecular formula is C13H13FN2S. The quantitative estimate of drug-likeness (QED) is 0.782. The largest absolute Gasteiger partial charge is 0.366 e. The van der Waals surface area contributed by atoms with E-state index < -0.39 is 0 Å². The van der Waals surface area contributed by atoms with E-state index in [9.17, 15) is 4.39 Å². The molecule has 2 N–H and O–H groups in total. The molecule has 0 aromatic heterocycles. The van der Waals surface area contributed by atoms with Gasteiger partial charge in [-0.15, -0.1) is 0 Å². The summed E-state index contributed by atoms with van der Waals surface area (Å²) >= 11 is 4.89. The van der Waals surface area contributed by atoms with Crippen LogP contribution in [0.2, 0.25) is 0 Å². The van der Waals surface area contributed by atoms with Crippen LogP contribution in [0.5, 0.6) is 0 Å². The van der Waals surface area contributed by atoms with E-state index in [0.29, 0.717) is 5.92 Å². The molecule has 1 heterocycles. The molecule has 0 spiro atoms. The average Bonchev–Trinajstić information content (AvgIpc) is 2.93. The number of halogens is 1. The van der Waals surface area contributed by atoms with Crippen LogP contribution in [0.4, 0.5) is 4.39 Å². The Morgan fingerprint density at radius 3 is 2.88 bits per heavy atom. The van der Waals surface area contributed by atoms with Gasteiger partial charge in [-0.2, -0.15) is 0 Å². The highest BCUT2D eigenvalue weighted by atomic mass is 32.1. The van der Waals surface area contributed by atoms with E-state index >= 15 is 0 Å². The van der Waals surface area contributed by atoms with E-state index in [1.54, 1.807) is 11.4 Å². The van der Waals surface area contributed by atoms with E-state index in [1.807, 2.05) is 12.3 Å². The fraction of sp³-hybridized carbons (Fsp3) is 0.308. The van der Waals surface area contributed by atoms with Gasteiger partial charge in [-0.3, -0.25) is 0 Å². The van der Waals surface area contributed by atoms with Gasteiger partial charge in [0.05, 0.1) is 0 Å². The van der Waals surface area contributed by atoms with Gasteiger partial charge >= 0.3 is 0 Å². The second kappa shape index (κ2) is 4.11. The molecule has 1 aromatic rings. The first-order valence-electron chi connectivity index (χ1n) is 5.71. The van der Waals surface area contributed by atoms with E-state index in [-0.39, 0.29) is 12.0 Å². The highest BCUT2D eigenvalue weighted by molar-refractivity contribution is 7.79. The third kappa shape index (κ3) is 1.93. The van der Waals surface area contributed by atoms with E-state index in [4.69, 9.17) is 12.2 Å². The molecule has 3 rings (SSSR count). The molecule has 0 saturated carbocycles. The van der Waals surface area contributed by atoms with Crippen molar-refractivity contribution in [3.05, 3.63) is 47.0 Å². The van der Waals surface area contributed by atoms with Crippen LogP contribution in [-0.4, -0.2) is 11.5 Å². The van der Waals surface area contributed by atoms with E-state index in [0.717, 1.165) is 18.4 Å². The second-order valence-corrected chi connectivity index (χ2v) is 4.81. The smallest absolute Gasteiger partial charge is 0.126 e. The third-order valence-corrected chi connectivity index (χ3v) is 3.69. The minimum Gasteiger partial charge on any atom is -0.366 e. The molecule has 1 aromatic carbocycles. The minimum absolute atomic E-state index is 0.0560. The standard InChI is InChI=1S/C13H13FN2S/c14-11-2-1-8-3-10(4-9(8)5-11)12-6-15-13(7-17)16-12/h1-2,5-7,10,13,15-16H,3-4H2. The van der Waals surface area contributed by atoms with Crippen LogP contribution in [0.1, 0.15) is 11.1 Å². The third-order valence-electron chi connectivity index (χ3n) is 3.42. The van der Waals surface area contributed by atoms with Gasteiger partial charge in [-0.1, -0.05) is 18.3 Å². The Balaban J connectivity index is 1.76. The van der Waals surface area contributed by atoms with Crippen LogP contribution in [0.3, 0.4) is 0 Å². The Kier molecular flexibility index (Phi) is 2.59. The van der Waals surface area contributed by atoms with Gasteiger partial charge in [0, 0.05) is 23.2 Å². The van der Waals surface area contributed by atoms with Crippen molar-refractivity contribution < 1.29 is 4.39 Å². The Hall–Kier alpha value is -1.42. The van der Waals surface area contributed by atoms with Crippen molar-refractivity contribution in [2.75, 3.05) is 0 Å². The molecule has 0 fully saturated rings. The zero-order valence-corrected chi connectivity index (χ0v) is 10.1. The maximum absolute atomic E-state index is 13.1. The van der Waals surface area contributed by atoms with Gasteiger partial charge in [-0.25, -0.2) is 4.39 Å². The number of fused-ring (bicyclic) bond motifs is 1. The summed E-state index contributed by atoms with van der Waals surface area (Å²) < 4.78 is 13.1. The number of thiocarbonyl (C=S) groups is 1. The van der Waals surface area contributed by atoms with Crippen molar-refractivity contribution in [2.24, 2.45) is 5.92 Å². The van der Waals surface area contributed by atoms with Crippen LogP contribution < -0.4 is 10.6 Å². The summed E-state index contributed by atoms with van der Waals surface area (Å²) in [5, 5.41) is 8.16. The number of allylic oxidation sites excluding steroid dienone is 1. The van der Waals surface area contributed by atoms with Gasteiger partial charge < -0.3 is 10.6 Å². The van der Waals surface area contributed by atoms with Crippen LogP contribution in [0.15, 0.2) is 30.1 Å². The molecule has 88 valence electrons. The number of nitrogens with one attached hydrogen (secondary N) is 2. The van der Waals surface area contributed by atoms with Gasteiger partial charge in [0.25, 0.3) is 0 Å². The monoisotopic (exact) mass is 248 g/mol. The summed E-state index contributed by atoms with van der Waals surface area (Å²) in [6, 6.07) is 5.08. The average molecular weight is 248 g/mol. The molecule has 0 saturated heterocycles. The molecule has 2 unspecified atom stereocenters. The zero-order valence-electron chi connectivity index (χ0n) is 9.24. The first kappa shape index (κ1) is 10.7. The molecule has 2 aliphatic rings. The highest BCUT2D eigenvalue weighted by Crippen LogP contribution is 2.31. The second-order valence-electron chi connectivity index (χ2n) is 4.54. The molecule has 1 aliphatic heterocycles. The van der Waals surface area contributed by atoms with E-state index in [2.05, 4.69) is 10.6 Å². The fourth-order valence-electron chi connectivity index (χ4n) is 2.56. The fourth-order valence-corrected chi connectivity index (χ4v) is 2.70. The Bertz CT molecular complexity index is 498.